The third-order valence-electron chi connectivity index (χ3n) is 3.26. The highest BCUT2D eigenvalue weighted by Crippen LogP contribution is 2.25. The van der Waals surface area contributed by atoms with Crippen LogP contribution < -0.4 is 0 Å². The van der Waals surface area contributed by atoms with E-state index in [1.165, 1.54) is 47.1 Å². The summed E-state index contributed by atoms with van der Waals surface area (Å²) in [6.45, 7) is 0. The molecule has 0 unspecified atom stereocenters. The fraction of sp³-hybridized carbons (Fsp3) is 0. The molecule has 0 atom stereocenters. The largest absolute Gasteiger partial charge is 0.478 e. The Morgan fingerprint density at radius 1 is 1.17 bits per heavy atom. The van der Waals surface area contributed by atoms with Gasteiger partial charge in [0, 0.05) is 5.56 Å². The smallest absolute Gasteiger partial charge is 0.335 e. The minimum Gasteiger partial charge on any atom is -0.478 e. The summed E-state index contributed by atoms with van der Waals surface area (Å²) >= 11 is 0. The molecule has 3 aromatic rings. The monoisotopic (exact) mass is 311 g/mol. The van der Waals surface area contributed by atoms with Crippen LogP contribution in [-0.4, -0.2) is 32.4 Å². The number of carbonyl (C=O) groups is 2. The lowest BCUT2D eigenvalue weighted by Crippen LogP contribution is -2.02. The lowest BCUT2D eigenvalue weighted by molar-refractivity contribution is 0.0696. The van der Waals surface area contributed by atoms with Crippen molar-refractivity contribution in [1.82, 2.24) is 15.0 Å². The first kappa shape index (κ1) is 14.6. The van der Waals surface area contributed by atoms with Gasteiger partial charge in [0.2, 0.25) is 0 Å². The number of nitrogens with zero attached hydrogens (tertiary/aromatic N) is 3. The normalized spacial score (nSPS) is 10.5. The molecule has 1 aromatic heterocycles. The van der Waals surface area contributed by atoms with Crippen LogP contribution >= 0.6 is 0 Å². The van der Waals surface area contributed by atoms with Gasteiger partial charge in [-0.3, -0.25) is 4.79 Å². The van der Waals surface area contributed by atoms with Gasteiger partial charge in [0.25, 0.3) is 0 Å². The Bertz CT molecular complexity index is 888. The minimum atomic E-state index is -1.05. The summed E-state index contributed by atoms with van der Waals surface area (Å²) in [5.41, 5.74) is 1.48. The molecule has 1 heterocycles. The van der Waals surface area contributed by atoms with Gasteiger partial charge in [-0.05, 0) is 36.4 Å². The van der Waals surface area contributed by atoms with Gasteiger partial charge >= 0.3 is 5.97 Å². The Morgan fingerprint density at radius 3 is 2.52 bits per heavy atom. The molecule has 0 saturated heterocycles. The summed E-state index contributed by atoms with van der Waals surface area (Å²) in [4.78, 5) is 22.1. The van der Waals surface area contributed by atoms with Crippen LogP contribution in [0.25, 0.3) is 16.9 Å². The molecule has 7 heteroatoms. The molecule has 0 aliphatic heterocycles. The van der Waals surface area contributed by atoms with Crippen LogP contribution in [0.2, 0.25) is 0 Å². The number of hydrogen-bond donors (Lipinski definition) is 1. The van der Waals surface area contributed by atoms with Crippen molar-refractivity contribution in [1.29, 1.82) is 0 Å². The molecule has 0 amide bonds. The average molecular weight is 311 g/mol. The van der Waals surface area contributed by atoms with Crippen molar-refractivity contribution in [2.24, 2.45) is 0 Å². The molecular formula is C16H10FN3O3. The lowest BCUT2D eigenvalue weighted by atomic mass is 10.1. The second-order valence-corrected chi connectivity index (χ2v) is 4.72. The molecule has 0 spiro atoms. The van der Waals surface area contributed by atoms with Crippen LogP contribution in [0.3, 0.4) is 0 Å². The second-order valence-electron chi connectivity index (χ2n) is 4.72. The molecule has 0 fully saturated rings. The zero-order chi connectivity index (χ0) is 16.4. The molecule has 0 aliphatic carbocycles. The number of carboxylic acids is 1. The van der Waals surface area contributed by atoms with Crippen LogP contribution in [0.4, 0.5) is 4.39 Å². The molecular weight excluding hydrogens is 301 g/mol. The van der Waals surface area contributed by atoms with E-state index in [9.17, 15) is 14.0 Å². The van der Waals surface area contributed by atoms with Gasteiger partial charge in [-0.1, -0.05) is 17.3 Å². The maximum absolute atomic E-state index is 13.5. The zero-order valence-corrected chi connectivity index (χ0v) is 11.7. The summed E-state index contributed by atoms with van der Waals surface area (Å²) in [7, 11) is 0. The van der Waals surface area contributed by atoms with Gasteiger partial charge in [-0.15, -0.1) is 5.10 Å². The minimum absolute atomic E-state index is 0.0675. The quantitative estimate of drug-likeness (QED) is 0.749. The molecule has 1 N–H and O–H groups in total. The Labute approximate surface area is 129 Å². The van der Waals surface area contributed by atoms with Gasteiger partial charge in [0.1, 0.15) is 11.5 Å². The Hall–Kier alpha value is -3.35. The van der Waals surface area contributed by atoms with Crippen LogP contribution in [0, 0.1) is 5.82 Å². The number of aromatic nitrogens is 3. The molecule has 0 saturated carbocycles. The molecule has 0 radical (unpaired) electrons. The highest BCUT2D eigenvalue weighted by molar-refractivity contribution is 5.88. The Morgan fingerprint density at radius 2 is 1.91 bits per heavy atom. The van der Waals surface area contributed by atoms with E-state index in [4.69, 9.17) is 5.11 Å². The number of halogens is 1. The van der Waals surface area contributed by atoms with Crippen molar-refractivity contribution in [3.05, 3.63) is 65.6 Å². The second kappa shape index (κ2) is 5.80. The molecule has 3 rings (SSSR count). The van der Waals surface area contributed by atoms with Crippen LogP contribution in [0.15, 0.2) is 48.5 Å². The van der Waals surface area contributed by atoms with Gasteiger partial charge in [-0.25, -0.2) is 13.9 Å². The van der Waals surface area contributed by atoms with E-state index in [-0.39, 0.29) is 11.3 Å². The third kappa shape index (κ3) is 2.71. The highest BCUT2D eigenvalue weighted by atomic mass is 19.1. The number of carbonyl (C=O) groups excluding carboxylic acids is 1. The van der Waals surface area contributed by atoms with Crippen molar-refractivity contribution in [3.8, 4) is 16.9 Å². The Kier molecular flexibility index (Phi) is 3.68. The number of benzene rings is 2. The maximum atomic E-state index is 13.5. The van der Waals surface area contributed by atoms with Gasteiger partial charge in [-0.2, -0.15) is 0 Å². The van der Waals surface area contributed by atoms with Crippen molar-refractivity contribution >= 4 is 12.3 Å². The van der Waals surface area contributed by atoms with E-state index in [2.05, 4.69) is 10.3 Å². The third-order valence-corrected chi connectivity index (χ3v) is 3.26. The molecule has 6 nitrogen and oxygen atoms in total. The molecule has 0 aliphatic rings. The highest BCUT2D eigenvalue weighted by Gasteiger charge is 2.16. The van der Waals surface area contributed by atoms with Crippen molar-refractivity contribution in [3.63, 3.8) is 0 Å². The van der Waals surface area contributed by atoms with Gasteiger partial charge < -0.3 is 5.11 Å². The predicted molar refractivity (Wildman–Crippen MR) is 79.1 cm³/mol. The predicted octanol–water partition coefficient (Wildman–Crippen LogP) is 2.58. The first-order valence-electron chi connectivity index (χ1n) is 6.60. The summed E-state index contributed by atoms with van der Waals surface area (Å²) in [6, 6.07) is 11.6. The number of aldehydes is 1. The van der Waals surface area contributed by atoms with Gasteiger partial charge in [0.05, 0.1) is 11.3 Å². The number of rotatable bonds is 4. The summed E-state index contributed by atoms with van der Waals surface area (Å²) in [6.07, 6.45) is 0.537. The average Bonchev–Trinajstić information content (AvgIpc) is 2.99. The number of aromatic carboxylic acids is 1. The fourth-order valence-corrected chi connectivity index (χ4v) is 2.20. The van der Waals surface area contributed by atoms with E-state index >= 15 is 0 Å². The molecule has 0 bridgehead atoms. The first-order chi connectivity index (χ1) is 11.1. The lowest BCUT2D eigenvalue weighted by Gasteiger charge is -2.07. The van der Waals surface area contributed by atoms with Crippen molar-refractivity contribution in [2.75, 3.05) is 0 Å². The van der Waals surface area contributed by atoms with Crippen molar-refractivity contribution in [2.45, 2.75) is 0 Å². The van der Waals surface area contributed by atoms with Crippen LogP contribution in [0.1, 0.15) is 20.8 Å². The fourth-order valence-electron chi connectivity index (χ4n) is 2.20. The number of carboxylic acid groups (broad SMARTS) is 1. The Balaban J connectivity index is 2.15. The SMILES string of the molecule is O=Cc1nnn(-c2ccc(C(=O)O)cc2)c1-c1cccc(F)c1. The first-order valence-corrected chi connectivity index (χ1v) is 6.60. The number of hydrogen-bond acceptors (Lipinski definition) is 4. The van der Waals surface area contributed by atoms with E-state index in [0.717, 1.165) is 0 Å². The summed E-state index contributed by atoms with van der Waals surface area (Å²) < 4.78 is 14.8. The zero-order valence-electron chi connectivity index (χ0n) is 11.7. The van der Waals surface area contributed by atoms with Crippen LogP contribution in [-0.2, 0) is 0 Å². The van der Waals surface area contributed by atoms with E-state index < -0.39 is 11.8 Å². The van der Waals surface area contributed by atoms with Crippen molar-refractivity contribution < 1.29 is 19.1 Å². The van der Waals surface area contributed by atoms with E-state index in [1.807, 2.05) is 0 Å². The summed E-state index contributed by atoms with van der Waals surface area (Å²) in [5, 5.41) is 16.6. The topological polar surface area (TPSA) is 85.1 Å². The maximum Gasteiger partial charge on any atom is 0.335 e. The molecule has 114 valence electrons. The van der Waals surface area contributed by atoms with Crippen LogP contribution in [0.5, 0.6) is 0 Å². The summed E-state index contributed by atoms with van der Waals surface area (Å²) in [5.74, 6) is -1.50. The van der Waals surface area contributed by atoms with E-state index in [0.29, 0.717) is 23.2 Å². The molecule has 2 aromatic carbocycles. The molecule has 23 heavy (non-hydrogen) atoms. The van der Waals surface area contributed by atoms with Gasteiger partial charge in [0.15, 0.2) is 12.0 Å². The standard InChI is InChI=1S/C16H10FN3O3/c17-12-3-1-2-11(8-12)15-14(9-21)18-19-20(15)13-6-4-10(5-7-13)16(22)23/h1-9H,(H,22,23). The van der Waals surface area contributed by atoms with E-state index in [1.54, 1.807) is 6.07 Å².